The number of carbonyl (C=O) groups is 2. The van der Waals surface area contributed by atoms with Crippen LogP contribution in [0.25, 0.3) is 0 Å². The van der Waals surface area contributed by atoms with E-state index in [0.717, 1.165) is 77.0 Å². The van der Waals surface area contributed by atoms with Crippen LogP contribution in [0.1, 0.15) is 155 Å². The first kappa shape index (κ1) is 45.5. The number of phosphoric acid groups is 1. The van der Waals surface area contributed by atoms with E-state index in [1.807, 2.05) is 0 Å². The van der Waals surface area contributed by atoms with Crippen LogP contribution in [-0.4, -0.2) is 65.7 Å². The minimum atomic E-state index is -4.61. The van der Waals surface area contributed by atoms with E-state index in [9.17, 15) is 24.2 Å². The van der Waals surface area contributed by atoms with Gasteiger partial charge in [-0.3, -0.25) is 18.6 Å². The van der Waals surface area contributed by atoms with Crippen LogP contribution in [0.5, 0.6) is 0 Å². The highest BCUT2D eigenvalue weighted by molar-refractivity contribution is 7.47. The van der Waals surface area contributed by atoms with Gasteiger partial charge in [0.1, 0.15) is 12.7 Å². The first-order valence-electron chi connectivity index (χ1n) is 18.3. The molecule has 0 radical (unpaired) electrons. The molecule has 10 nitrogen and oxygen atoms in total. The number of allylic oxidation sites excluding steroid dienone is 4. The highest BCUT2D eigenvalue weighted by Crippen LogP contribution is 2.43. The smallest absolute Gasteiger partial charge is 0.462 e. The van der Waals surface area contributed by atoms with Crippen molar-refractivity contribution in [2.75, 3.05) is 26.4 Å². The Bertz CT molecular complexity index is 848. The molecule has 0 rings (SSSR count). The second kappa shape index (κ2) is 33.0. The lowest BCUT2D eigenvalue weighted by molar-refractivity contribution is -0.161. The van der Waals surface area contributed by atoms with Gasteiger partial charge < -0.3 is 24.6 Å². The van der Waals surface area contributed by atoms with Crippen LogP contribution >= 0.6 is 7.82 Å². The van der Waals surface area contributed by atoms with Gasteiger partial charge in [0.2, 0.25) is 0 Å². The van der Waals surface area contributed by atoms with Gasteiger partial charge in [-0.1, -0.05) is 109 Å². The quantitative estimate of drug-likeness (QED) is 0.0259. The third kappa shape index (κ3) is 32.8. The molecule has 47 heavy (non-hydrogen) atoms. The average molecular weight is 691 g/mol. The molecule has 0 aromatic heterocycles. The molecule has 0 amide bonds. The molecular weight excluding hydrogens is 623 g/mol. The predicted octanol–water partition coefficient (Wildman–Crippen LogP) is 8.66. The molecule has 0 aliphatic rings. The van der Waals surface area contributed by atoms with Gasteiger partial charge in [-0.2, -0.15) is 0 Å². The molecule has 276 valence electrons. The molecule has 1 unspecified atom stereocenters. The average Bonchev–Trinajstić information content (AvgIpc) is 3.05. The zero-order chi connectivity index (χ0) is 34.9. The van der Waals surface area contributed by atoms with E-state index in [1.165, 1.54) is 38.5 Å². The van der Waals surface area contributed by atoms with E-state index in [-0.39, 0.29) is 19.4 Å². The summed E-state index contributed by atoms with van der Waals surface area (Å²) in [4.78, 5) is 34.7. The standard InChI is InChI=1S/C36H67O10P/c1-3-5-7-9-11-13-15-16-18-19-21-23-25-27-35(39)43-31-34(32-45-47(41,42)44-30-33(38)29-37)46-36(40)28-26-24-22-20-17-14-12-10-8-6-4-2/h10,12-13,15,33-34,37-38H,3-9,11,14,16-32H2,1-2H3,(H,41,42)/b12-10+,15-13+/t33-,34+/m0/s1. The first-order valence-corrected chi connectivity index (χ1v) is 19.8. The molecular formula is C36H67O10P. The maximum atomic E-state index is 12.5. The Morgan fingerprint density at radius 3 is 1.60 bits per heavy atom. The Morgan fingerprint density at radius 1 is 0.617 bits per heavy atom. The summed E-state index contributed by atoms with van der Waals surface area (Å²) in [5.74, 6) is -0.948. The van der Waals surface area contributed by atoms with Crippen LogP contribution in [0, 0.1) is 0 Å². The number of unbranched alkanes of at least 4 members (excludes halogenated alkanes) is 16. The Balaban J connectivity index is 4.41. The molecule has 3 atom stereocenters. The number of hydrogen-bond donors (Lipinski definition) is 3. The fraction of sp³-hybridized carbons (Fsp3) is 0.833. The molecule has 11 heteroatoms. The number of rotatable bonds is 34. The summed E-state index contributed by atoms with van der Waals surface area (Å²) < 4.78 is 32.5. The van der Waals surface area contributed by atoms with Gasteiger partial charge in [-0.25, -0.2) is 4.57 Å². The largest absolute Gasteiger partial charge is 0.472 e. The van der Waals surface area contributed by atoms with Crippen LogP contribution in [0.2, 0.25) is 0 Å². The molecule has 0 aromatic rings. The molecule has 0 aromatic carbocycles. The molecule has 0 heterocycles. The zero-order valence-corrected chi connectivity index (χ0v) is 30.4. The number of ether oxygens (including phenoxy) is 2. The van der Waals surface area contributed by atoms with Crippen LogP contribution in [0.3, 0.4) is 0 Å². The molecule has 0 aliphatic heterocycles. The van der Waals surface area contributed by atoms with Crippen LogP contribution < -0.4 is 0 Å². The van der Waals surface area contributed by atoms with Gasteiger partial charge in [0.05, 0.1) is 19.8 Å². The van der Waals surface area contributed by atoms with Gasteiger partial charge in [-0.15, -0.1) is 0 Å². The number of phosphoric ester groups is 1. The fourth-order valence-electron chi connectivity index (χ4n) is 4.67. The van der Waals surface area contributed by atoms with Crippen LogP contribution in [0.15, 0.2) is 24.3 Å². The van der Waals surface area contributed by atoms with Gasteiger partial charge in [0, 0.05) is 12.8 Å². The van der Waals surface area contributed by atoms with E-state index in [1.54, 1.807) is 0 Å². The summed E-state index contributed by atoms with van der Waals surface area (Å²) in [5.41, 5.74) is 0. The summed E-state index contributed by atoms with van der Waals surface area (Å²) in [7, 11) is -4.61. The summed E-state index contributed by atoms with van der Waals surface area (Å²) in [6.07, 6.45) is 28.7. The molecule has 0 fully saturated rings. The summed E-state index contributed by atoms with van der Waals surface area (Å²) in [5, 5.41) is 18.2. The zero-order valence-electron chi connectivity index (χ0n) is 29.5. The molecule has 0 bridgehead atoms. The normalized spacial score (nSPS) is 14.4. The monoisotopic (exact) mass is 690 g/mol. The SMILES string of the molecule is CCCC/C=C/CCCCCCCC(=O)O[C@H](COC(=O)CCCCCCC/C=C/CCCCCC)COP(=O)(O)OC[C@@H](O)CO. The van der Waals surface area contributed by atoms with E-state index in [4.69, 9.17) is 19.1 Å². The third-order valence-corrected chi connectivity index (χ3v) is 8.53. The highest BCUT2D eigenvalue weighted by Gasteiger charge is 2.27. The third-order valence-electron chi connectivity index (χ3n) is 7.58. The molecule has 3 N–H and O–H groups in total. The van der Waals surface area contributed by atoms with Crippen LogP contribution in [0.4, 0.5) is 0 Å². The summed E-state index contributed by atoms with van der Waals surface area (Å²) in [6.45, 7) is 2.28. The maximum Gasteiger partial charge on any atom is 0.472 e. The fourth-order valence-corrected chi connectivity index (χ4v) is 5.46. The van der Waals surface area contributed by atoms with Crippen molar-refractivity contribution < 1.29 is 47.8 Å². The van der Waals surface area contributed by atoms with Crippen molar-refractivity contribution in [3.05, 3.63) is 24.3 Å². The van der Waals surface area contributed by atoms with Crippen molar-refractivity contribution in [3.63, 3.8) is 0 Å². The minimum absolute atomic E-state index is 0.173. The number of hydrogen-bond acceptors (Lipinski definition) is 9. The van der Waals surface area contributed by atoms with Gasteiger partial charge in [0.25, 0.3) is 0 Å². The van der Waals surface area contributed by atoms with E-state index in [2.05, 4.69) is 42.7 Å². The van der Waals surface area contributed by atoms with E-state index in [0.29, 0.717) is 12.8 Å². The predicted molar refractivity (Wildman–Crippen MR) is 187 cm³/mol. The highest BCUT2D eigenvalue weighted by atomic mass is 31.2. The number of esters is 2. The van der Waals surface area contributed by atoms with Crippen molar-refractivity contribution in [2.45, 2.75) is 167 Å². The lowest BCUT2D eigenvalue weighted by Gasteiger charge is -2.20. The molecule has 0 spiro atoms. The van der Waals surface area contributed by atoms with Crippen molar-refractivity contribution in [1.29, 1.82) is 0 Å². The van der Waals surface area contributed by atoms with E-state index >= 15 is 0 Å². The summed E-state index contributed by atoms with van der Waals surface area (Å²) in [6, 6.07) is 0. The Kier molecular flexibility index (Phi) is 31.9. The van der Waals surface area contributed by atoms with Crippen molar-refractivity contribution in [3.8, 4) is 0 Å². The lowest BCUT2D eigenvalue weighted by Crippen LogP contribution is -2.29. The Morgan fingerprint density at radius 2 is 1.06 bits per heavy atom. The second-order valence-corrected chi connectivity index (χ2v) is 13.7. The molecule has 0 aliphatic carbocycles. The van der Waals surface area contributed by atoms with Crippen molar-refractivity contribution in [2.24, 2.45) is 0 Å². The van der Waals surface area contributed by atoms with Crippen LogP contribution in [-0.2, 0) is 32.7 Å². The number of aliphatic hydroxyl groups is 2. The topological polar surface area (TPSA) is 149 Å². The first-order chi connectivity index (χ1) is 22.7. The van der Waals surface area contributed by atoms with Gasteiger partial charge >= 0.3 is 19.8 Å². The lowest BCUT2D eigenvalue weighted by atomic mass is 10.1. The van der Waals surface area contributed by atoms with Gasteiger partial charge in [-0.05, 0) is 57.8 Å². The second-order valence-electron chi connectivity index (χ2n) is 12.2. The number of aliphatic hydroxyl groups excluding tert-OH is 2. The van der Waals surface area contributed by atoms with E-state index < -0.39 is 51.8 Å². The summed E-state index contributed by atoms with van der Waals surface area (Å²) >= 11 is 0. The number of carbonyl (C=O) groups excluding carboxylic acids is 2. The van der Waals surface area contributed by atoms with Crippen molar-refractivity contribution >= 4 is 19.8 Å². The molecule has 0 saturated heterocycles. The van der Waals surface area contributed by atoms with Gasteiger partial charge in [0.15, 0.2) is 6.10 Å². The molecule has 0 saturated carbocycles. The Labute approximate surface area is 285 Å². The van der Waals surface area contributed by atoms with Crippen molar-refractivity contribution in [1.82, 2.24) is 0 Å². The minimum Gasteiger partial charge on any atom is -0.462 e. The Hall–Kier alpha value is -1.55. The maximum absolute atomic E-state index is 12.5.